The lowest BCUT2D eigenvalue weighted by atomic mass is 10.1. The quantitative estimate of drug-likeness (QED) is 0.774. The number of benzene rings is 1. The summed E-state index contributed by atoms with van der Waals surface area (Å²) < 4.78 is 6.25. The molecule has 3 N–H and O–H groups in total. The van der Waals surface area contributed by atoms with Crippen LogP contribution < -0.4 is 15.8 Å². The van der Waals surface area contributed by atoms with Gasteiger partial charge in [-0.2, -0.15) is 0 Å². The summed E-state index contributed by atoms with van der Waals surface area (Å²) in [7, 11) is 0. The van der Waals surface area contributed by atoms with Gasteiger partial charge >= 0.3 is 0 Å². The molecule has 0 saturated carbocycles. The van der Waals surface area contributed by atoms with Gasteiger partial charge in [-0.25, -0.2) is 0 Å². The minimum Gasteiger partial charge on any atom is -0.491 e. The van der Waals surface area contributed by atoms with Crippen LogP contribution in [0.3, 0.4) is 0 Å². The number of ether oxygens (including phenoxy) is 1. The summed E-state index contributed by atoms with van der Waals surface area (Å²) >= 11 is 9.39. The molecule has 0 spiro atoms. The zero-order chi connectivity index (χ0) is 15.1. The Morgan fingerprint density at radius 2 is 2.25 bits per heavy atom. The molecular weight excluding hydrogens is 344 g/mol. The first-order valence-corrected chi connectivity index (χ1v) is 7.76. The molecule has 1 aromatic rings. The number of nitrogens with one attached hydrogen (secondary N) is 1. The van der Waals surface area contributed by atoms with E-state index < -0.39 is 0 Å². The van der Waals surface area contributed by atoms with Gasteiger partial charge in [-0.3, -0.25) is 4.79 Å². The molecule has 0 bridgehead atoms. The third-order valence-electron chi connectivity index (χ3n) is 2.84. The Hall–Kier alpha value is -0.780. The molecule has 0 aromatic heterocycles. The van der Waals surface area contributed by atoms with Crippen LogP contribution in [0.2, 0.25) is 5.02 Å². The van der Waals surface area contributed by atoms with E-state index in [4.69, 9.17) is 22.1 Å². The molecule has 0 fully saturated rings. The lowest BCUT2D eigenvalue weighted by molar-refractivity contribution is -0.116. The van der Waals surface area contributed by atoms with E-state index in [9.17, 15) is 4.79 Å². The van der Waals surface area contributed by atoms with Gasteiger partial charge in [-0.15, -0.1) is 0 Å². The average molecular weight is 364 g/mol. The van der Waals surface area contributed by atoms with Crippen LogP contribution in [0.1, 0.15) is 26.7 Å². The number of halogens is 2. The van der Waals surface area contributed by atoms with Crippen molar-refractivity contribution in [3.8, 4) is 5.75 Å². The Morgan fingerprint density at radius 1 is 1.55 bits per heavy atom. The molecule has 20 heavy (non-hydrogen) atoms. The highest BCUT2D eigenvalue weighted by molar-refractivity contribution is 9.10. The summed E-state index contributed by atoms with van der Waals surface area (Å²) in [5.41, 5.74) is 6.12. The van der Waals surface area contributed by atoms with Gasteiger partial charge in [0.1, 0.15) is 0 Å². The first-order valence-electron chi connectivity index (χ1n) is 6.59. The van der Waals surface area contributed by atoms with Gasteiger partial charge in [-0.05, 0) is 53.9 Å². The first-order chi connectivity index (χ1) is 9.47. The van der Waals surface area contributed by atoms with Crippen LogP contribution in [0.15, 0.2) is 16.6 Å². The highest BCUT2D eigenvalue weighted by atomic mass is 79.9. The zero-order valence-corrected chi connectivity index (χ0v) is 14.1. The molecule has 0 aliphatic rings. The molecule has 6 heteroatoms. The predicted molar refractivity (Wildman–Crippen MR) is 86.4 cm³/mol. The number of carbonyl (C=O) groups excluding carboxylic acids is 1. The fourth-order valence-corrected chi connectivity index (χ4v) is 2.58. The van der Waals surface area contributed by atoms with Gasteiger partial charge < -0.3 is 15.8 Å². The van der Waals surface area contributed by atoms with Crippen molar-refractivity contribution >= 4 is 39.1 Å². The number of carbonyl (C=O) groups is 1. The summed E-state index contributed by atoms with van der Waals surface area (Å²) in [5, 5.41) is 3.37. The van der Waals surface area contributed by atoms with Gasteiger partial charge in [0.15, 0.2) is 5.75 Å². The maximum absolute atomic E-state index is 11.9. The summed E-state index contributed by atoms with van der Waals surface area (Å²) in [6, 6.07) is 3.42. The first kappa shape index (κ1) is 17.3. The molecule has 1 atom stereocenters. The number of hydrogen-bond donors (Lipinski definition) is 2. The molecule has 112 valence electrons. The summed E-state index contributed by atoms with van der Waals surface area (Å²) in [6.45, 7) is 5.00. The van der Waals surface area contributed by atoms with E-state index in [1.165, 1.54) is 0 Å². The fourth-order valence-electron chi connectivity index (χ4n) is 1.65. The third-order valence-corrected chi connectivity index (χ3v) is 3.64. The average Bonchev–Trinajstić information content (AvgIpc) is 2.39. The number of nitrogens with two attached hydrogens (primary N) is 1. The molecule has 1 unspecified atom stereocenters. The van der Waals surface area contributed by atoms with Crippen LogP contribution in [0.5, 0.6) is 5.75 Å². The molecule has 1 aromatic carbocycles. The molecule has 0 heterocycles. The van der Waals surface area contributed by atoms with Crippen molar-refractivity contribution in [3.63, 3.8) is 0 Å². The highest BCUT2D eigenvalue weighted by Gasteiger charge is 2.13. The lowest BCUT2D eigenvalue weighted by Crippen LogP contribution is -2.17. The SMILES string of the molecule is CCOc1c(Br)cc(Cl)cc1NC(=O)CCC(C)CN. The maximum Gasteiger partial charge on any atom is 0.224 e. The molecule has 0 aliphatic heterocycles. The Balaban J connectivity index is 2.77. The molecule has 0 aliphatic carbocycles. The monoisotopic (exact) mass is 362 g/mol. The summed E-state index contributed by atoms with van der Waals surface area (Å²) in [5.74, 6) is 0.857. The highest BCUT2D eigenvalue weighted by Crippen LogP contribution is 2.36. The molecular formula is C14H20BrClN2O2. The Labute approximate surface area is 133 Å². The fraction of sp³-hybridized carbons (Fsp3) is 0.500. The number of anilines is 1. The number of hydrogen-bond acceptors (Lipinski definition) is 3. The largest absolute Gasteiger partial charge is 0.491 e. The smallest absolute Gasteiger partial charge is 0.224 e. The van der Waals surface area contributed by atoms with Crippen LogP contribution in [0, 0.1) is 5.92 Å². The predicted octanol–water partition coefficient (Wildman–Crippen LogP) is 3.81. The second-order valence-electron chi connectivity index (χ2n) is 4.63. The van der Waals surface area contributed by atoms with E-state index in [2.05, 4.69) is 21.2 Å². The zero-order valence-electron chi connectivity index (χ0n) is 11.7. The molecule has 0 radical (unpaired) electrons. The van der Waals surface area contributed by atoms with Gasteiger partial charge in [0.2, 0.25) is 5.91 Å². The van der Waals surface area contributed by atoms with Gasteiger partial charge in [0.05, 0.1) is 16.8 Å². The molecule has 4 nitrogen and oxygen atoms in total. The van der Waals surface area contributed by atoms with E-state index in [0.29, 0.717) is 41.9 Å². The second-order valence-corrected chi connectivity index (χ2v) is 5.92. The normalized spacial score (nSPS) is 12.1. The van der Waals surface area contributed by atoms with Crippen molar-refractivity contribution in [2.24, 2.45) is 11.7 Å². The topological polar surface area (TPSA) is 64.3 Å². The van der Waals surface area contributed by atoms with E-state index in [0.717, 1.165) is 10.9 Å². The Kier molecular flexibility index (Phi) is 7.34. The van der Waals surface area contributed by atoms with Crippen LogP contribution >= 0.6 is 27.5 Å². The van der Waals surface area contributed by atoms with Crippen LogP contribution in [0.4, 0.5) is 5.69 Å². The van der Waals surface area contributed by atoms with E-state index >= 15 is 0 Å². The second kappa shape index (κ2) is 8.49. The van der Waals surface area contributed by atoms with Gasteiger partial charge in [-0.1, -0.05) is 18.5 Å². The summed E-state index contributed by atoms with van der Waals surface area (Å²) in [4.78, 5) is 11.9. The van der Waals surface area contributed by atoms with Crippen LogP contribution in [0.25, 0.3) is 0 Å². The summed E-state index contributed by atoms with van der Waals surface area (Å²) in [6.07, 6.45) is 1.18. The van der Waals surface area contributed by atoms with Crippen molar-refractivity contribution < 1.29 is 9.53 Å². The van der Waals surface area contributed by atoms with E-state index in [1.54, 1.807) is 12.1 Å². The van der Waals surface area contributed by atoms with E-state index in [-0.39, 0.29) is 5.91 Å². The van der Waals surface area contributed by atoms with Crippen molar-refractivity contribution in [2.75, 3.05) is 18.5 Å². The minimum absolute atomic E-state index is 0.0691. The number of rotatable bonds is 7. The van der Waals surface area contributed by atoms with Crippen molar-refractivity contribution in [2.45, 2.75) is 26.7 Å². The maximum atomic E-state index is 11.9. The Morgan fingerprint density at radius 3 is 2.85 bits per heavy atom. The van der Waals surface area contributed by atoms with Gasteiger partial charge in [0, 0.05) is 11.4 Å². The lowest BCUT2D eigenvalue weighted by Gasteiger charge is -2.14. The molecule has 0 saturated heterocycles. The van der Waals surface area contributed by atoms with Crippen molar-refractivity contribution in [1.29, 1.82) is 0 Å². The Bertz CT molecular complexity index is 469. The van der Waals surface area contributed by atoms with Gasteiger partial charge in [0.25, 0.3) is 0 Å². The molecule has 1 rings (SSSR count). The van der Waals surface area contributed by atoms with Crippen molar-refractivity contribution in [3.05, 3.63) is 21.6 Å². The van der Waals surface area contributed by atoms with Crippen molar-refractivity contribution in [1.82, 2.24) is 0 Å². The van der Waals surface area contributed by atoms with Crippen LogP contribution in [-0.4, -0.2) is 19.1 Å². The van der Waals surface area contributed by atoms with E-state index in [1.807, 2.05) is 13.8 Å². The molecule has 1 amide bonds. The standard InChI is InChI=1S/C14H20BrClN2O2/c1-3-20-14-11(15)6-10(16)7-12(14)18-13(19)5-4-9(2)8-17/h6-7,9H,3-5,8,17H2,1-2H3,(H,18,19). The third kappa shape index (κ3) is 5.31. The minimum atomic E-state index is -0.0691. The van der Waals surface area contributed by atoms with Crippen LogP contribution in [-0.2, 0) is 4.79 Å². The number of amides is 1.